The van der Waals surface area contributed by atoms with Crippen molar-refractivity contribution in [2.75, 3.05) is 0 Å². The van der Waals surface area contributed by atoms with Gasteiger partial charge in [0, 0.05) is 30.1 Å². The quantitative estimate of drug-likeness (QED) is 0.334. The van der Waals surface area contributed by atoms with E-state index in [9.17, 15) is 35.1 Å². The van der Waals surface area contributed by atoms with Crippen LogP contribution in [0.5, 0.6) is 0 Å². The highest BCUT2D eigenvalue weighted by molar-refractivity contribution is 5.83. The fraction of sp³-hybridized carbons (Fsp3) is 0.926. The molecule has 0 spiro atoms. The van der Waals surface area contributed by atoms with Gasteiger partial charge in [-0.15, -0.1) is 0 Å². The Hall–Kier alpha value is -1.14. The van der Waals surface area contributed by atoms with Crippen LogP contribution in [0.15, 0.2) is 0 Å². The first-order valence-electron chi connectivity index (χ1n) is 13.5. The molecule has 2 rings (SSSR count). The van der Waals surface area contributed by atoms with E-state index >= 15 is 0 Å². The highest BCUT2D eigenvalue weighted by atomic mass is 16.7. The van der Waals surface area contributed by atoms with Gasteiger partial charge in [-0.3, -0.25) is 9.59 Å². The molecule has 10 nitrogen and oxygen atoms in total. The second kappa shape index (κ2) is 12.8. The van der Waals surface area contributed by atoms with E-state index in [-0.39, 0.29) is 18.6 Å². The monoisotopic (exact) mass is 532 g/mol. The first kappa shape index (κ1) is 32.1. The Labute approximate surface area is 220 Å². The molecule has 37 heavy (non-hydrogen) atoms. The Morgan fingerprint density at radius 3 is 2.08 bits per heavy atom. The fourth-order valence-corrected chi connectivity index (χ4v) is 5.82. The molecular formula is C27H48O10. The van der Waals surface area contributed by atoms with Crippen molar-refractivity contribution >= 4 is 11.8 Å². The summed E-state index contributed by atoms with van der Waals surface area (Å²) in [6, 6.07) is 0. The molecule has 0 saturated carbocycles. The van der Waals surface area contributed by atoms with E-state index in [2.05, 4.69) is 0 Å². The number of ether oxygens (including phenoxy) is 3. The molecule has 14 atom stereocenters. The van der Waals surface area contributed by atoms with Crippen LogP contribution in [0.4, 0.5) is 0 Å². The third-order valence-corrected chi connectivity index (χ3v) is 8.46. The third kappa shape index (κ3) is 7.29. The molecule has 2 fully saturated rings. The van der Waals surface area contributed by atoms with Crippen molar-refractivity contribution in [1.82, 2.24) is 0 Å². The van der Waals surface area contributed by atoms with Crippen molar-refractivity contribution in [2.24, 2.45) is 29.6 Å². The van der Waals surface area contributed by atoms with Gasteiger partial charge in [0.2, 0.25) is 0 Å². The van der Waals surface area contributed by atoms with Crippen molar-refractivity contribution in [3.05, 3.63) is 0 Å². The molecule has 0 bridgehead atoms. The Bertz CT molecular complexity index is 760. The minimum absolute atomic E-state index is 0.0484. The van der Waals surface area contributed by atoms with Gasteiger partial charge in [-0.05, 0) is 33.6 Å². The topological polar surface area (TPSA) is 163 Å². The molecule has 0 aromatic rings. The predicted molar refractivity (Wildman–Crippen MR) is 134 cm³/mol. The number of carbonyl (C=O) groups excluding carboxylic acids is 2. The van der Waals surface area contributed by atoms with Gasteiger partial charge in [0.25, 0.3) is 0 Å². The Morgan fingerprint density at radius 1 is 0.946 bits per heavy atom. The number of aliphatic hydroxyl groups excluding tert-OH is 4. The third-order valence-electron chi connectivity index (χ3n) is 8.46. The second-order valence-electron chi connectivity index (χ2n) is 11.6. The van der Waals surface area contributed by atoms with Crippen LogP contribution in [0.3, 0.4) is 0 Å². The van der Waals surface area contributed by atoms with Crippen molar-refractivity contribution in [3.8, 4) is 0 Å². The minimum atomic E-state index is -1.72. The molecule has 0 aromatic heterocycles. The molecule has 2 saturated heterocycles. The van der Waals surface area contributed by atoms with Gasteiger partial charge >= 0.3 is 5.97 Å². The van der Waals surface area contributed by atoms with Crippen LogP contribution in [0.25, 0.3) is 0 Å². The second-order valence-corrected chi connectivity index (χ2v) is 11.6. The lowest BCUT2D eigenvalue weighted by Gasteiger charge is -2.43. The lowest BCUT2D eigenvalue weighted by molar-refractivity contribution is -0.276. The Kier molecular flexibility index (Phi) is 11.1. The summed E-state index contributed by atoms with van der Waals surface area (Å²) < 4.78 is 17.7. The summed E-state index contributed by atoms with van der Waals surface area (Å²) >= 11 is 0. The van der Waals surface area contributed by atoms with Crippen LogP contribution in [-0.4, -0.2) is 91.9 Å². The highest BCUT2D eigenvalue weighted by Crippen LogP contribution is 2.35. The van der Waals surface area contributed by atoms with Gasteiger partial charge in [-0.1, -0.05) is 34.6 Å². The van der Waals surface area contributed by atoms with E-state index in [1.807, 2.05) is 6.92 Å². The largest absolute Gasteiger partial charge is 0.462 e. The number of cyclic esters (lactones) is 1. The number of carbonyl (C=O) groups is 2. The molecule has 2 aliphatic heterocycles. The molecule has 216 valence electrons. The van der Waals surface area contributed by atoms with E-state index in [1.165, 1.54) is 6.92 Å². The summed E-state index contributed by atoms with van der Waals surface area (Å²) in [5.74, 6) is -4.55. The molecule has 2 aliphatic rings. The number of aliphatic hydroxyl groups is 5. The zero-order valence-corrected chi connectivity index (χ0v) is 23.4. The number of esters is 1. The van der Waals surface area contributed by atoms with Crippen molar-refractivity contribution < 1.29 is 49.3 Å². The van der Waals surface area contributed by atoms with E-state index in [0.29, 0.717) is 6.42 Å². The number of rotatable bonds is 3. The van der Waals surface area contributed by atoms with Gasteiger partial charge in [0.15, 0.2) is 6.29 Å². The van der Waals surface area contributed by atoms with Gasteiger partial charge in [-0.25, -0.2) is 0 Å². The standard InChI is InChI=1S/C27H48O10/c1-9-19-13(3)22(30)14(4)21(29)12(2)11-27(8,34)25(32)15(5)24(16(6)26(33)36-19)37-20-10-18(28)23(31)17(7)35-20/h12-20,22-25,28,30-32,34H,9-11H2,1-8H3/t12-,13+,14+,15+,16-,17-,18+,19-,20+,22+,23-,24+,25-,27-/m1/s1. The smallest absolute Gasteiger partial charge is 0.311 e. The first-order chi connectivity index (χ1) is 17.0. The molecule has 0 amide bonds. The molecule has 2 heterocycles. The minimum Gasteiger partial charge on any atom is -0.462 e. The molecule has 5 N–H and O–H groups in total. The molecule has 0 aromatic carbocycles. The maximum Gasteiger partial charge on any atom is 0.311 e. The molecular weight excluding hydrogens is 484 g/mol. The maximum atomic E-state index is 13.3. The lowest BCUT2D eigenvalue weighted by atomic mass is 9.75. The van der Waals surface area contributed by atoms with Gasteiger partial charge in [-0.2, -0.15) is 0 Å². The molecule has 0 aliphatic carbocycles. The van der Waals surface area contributed by atoms with E-state index in [4.69, 9.17) is 14.2 Å². The van der Waals surface area contributed by atoms with Crippen LogP contribution in [0.2, 0.25) is 0 Å². The van der Waals surface area contributed by atoms with Crippen molar-refractivity contribution in [3.63, 3.8) is 0 Å². The van der Waals surface area contributed by atoms with E-state index in [1.54, 1.807) is 41.5 Å². The number of hydrogen-bond acceptors (Lipinski definition) is 10. The zero-order valence-electron chi connectivity index (χ0n) is 23.4. The van der Waals surface area contributed by atoms with Crippen molar-refractivity contribution in [2.45, 2.75) is 129 Å². The summed E-state index contributed by atoms with van der Waals surface area (Å²) in [7, 11) is 0. The summed E-state index contributed by atoms with van der Waals surface area (Å²) in [5.41, 5.74) is -1.72. The Balaban J connectivity index is 2.46. The van der Waals surface area contributed by atoms with Gasteiger partial charge in [0.05, 0.1) is 42.0 Å². The summed E-state index contributed by atoms with van der Waals surface area (Å²) in [4.78, 5) is 26.5. The van der Waals surface area contributed by atoms with Crippen LogP contribution in [0, 0.1) is 29.6 Å². The average Bonchev–Trinajstić information content (AvgIpc) is 2.84. The highest BCUT2D eigenvalue weighted by Gasteiger charge is 2.47. The van der Waals surface area contributed by atoms with E-state index in [0.717, 1.165) is 0 Å². The lowest BCUT2D eigenvalue weighted by Crippen LogP contribution is -2.54. The van der Waals surface area contributed by atoms with Crippen LogP contribution < -0.4 is 0 Å². The maximum absolute atomic E-state index is 13.3. The zero-order chi connectivity index (χ0) is 28.4. The molecule has 10 heteroatoms. The van der Waals surface area contributed by atoms with Gasteiger partial charge < -0.3 is 39.7 Å². The summed E-state index contributed by atoms with van der Waals surface area (Å²) in [6.45, 7) is 13.1. The van der Waals surface area contributed by atoms with Crippen molar-refractivity contribution in [1.29, 1.82) is 0 Å². The number of Topliss-reactive ketones (excluding diaryl/α,β-unsaturated/α-hetero) is 1. The number of ketones is 1. The van der Waals surface area contributed by atoms with Crippen LogP contribution in [0.1, 0.15) is 74.7 Å². The predicted octanol–water partition coefficient (Wildman–Crippen LogP) is 1.18. The first-order valence-corrected chi connectivity index (χ1v) is 13.5. The molecule has 0 radical (unpaired) electrons. The van der Waals surface area contributed by atoms with Crippen LogP contribution in [-0.2, 0) is 23.8 Å². The summed E-state index contributed by atoms with van der Waals surface area (Å²) in [5, 5.41) is 53.7. The Morgan fingerprint density at radius 2 is 1.54 bits per heavy atom. The average molecular weight is 533 g/mol. The number of hydrogen-bond donors (Lipinski definition) is 5. The molecule has 0 unspecified atom stereocenters. The van der Waals surface area contributed by atoms with E-state index < -0.39 is 90.2 Å². The SMILES string of the molecule is CC[C@H]1OC(=O)[C@H](C)[C@@H](O[C@H]2C[C@H](O)[C@H](O)[C@@H](C)O2)[C@H](C)[C@@H](O)[C@](C)(O)C[C@@H](C)C(=O)[C@H](C)[C@@H](O)[C@H]1C. The normalized spacial score (nSPS) is 49.3. The van der Waals surface area contributed by atoms with Gasteiger partial charge in [0.1, 0.15) is 18.0 Å². The van der Waals surface area contributed by atoms with Crippen LogP contribution >= 0.6 is 0 Å². The summed E-state index contributed by atoms with van der Waals surface area (Å²) in [6.07, 6.45) is -7.72. The fourth-order valence-electron chi connectivity index (χ4n) is 5.82.